The van der Waals surface area contributed by atoms with Crippen molar-refractivity contribution in [3.8, 4) is 5.75 Å². The van der Waals surface area contributed by atoms with Crippen LogP contribution in [0.2, 0.25) is 0 Å². The van der Waals surface area contributed by atoms with Gasteiger partial charge in [0.1, 0.15) is 5.75 Å². The first-order chi connectivity index (χ1) is 15.7. The number of ether oxygens (including phenoxy) is 1. The first-order valence-electron chi connectivity index (χ1n) is 10.8. The van der Waals surface area contributed by atoms with Crippen LogP contribution in [0.1, 0.15) is 36.1 Å². The van der Waals surface area contributed by atoms with Gasteiger partial charge in [-0.05, 0) is 54.3 Å². The van der Waals surface area contributed by atoms with Gasteiger partial charge in [0.15, 0.2) is 6.10 Å². The van der Waals surface area contributed by atoms with Gasteiger partial charge in [0.2, 0.25) is 10.0 Å². The van der Waals surface area contributed by atoms with Crippen molar-refractivity contribution in [3.63, 3.8) is 0 Å². The monoisotopic (exact) mass is 466 g/mol. The molecule has 0 aliphatic rings. The maximum absolute atomic E-state index is 13.2. The van der Waals surface area contributed by atoms with Crippen molar-refractivity contribution in [2.45, 2.75) is 32.4 Å². The zero-order chi connectivity index (χ0) is 24.0. The fourth-order valence-corrected chi connectivity index (χ4v) is 4.05. The predicted molar refractivity (Wildman–Crippen MR) is 132 cm³/mol. The molecular formula is C26H30N2O4S. The molecule has 1 N–H and O–H groups in total. The normalized spacial score (nSPS) is 13.1. The molecule has 3 aromatic carbocycles. The van der Waals surface area contributed by atoms with Gasteiger partial charge in [0.05, 0.1) is 18.0 Å². The summed E-state index contributed by atoms with van der Waals surface area (Å²) in [5.41, 5.74) is 3.63. The minimum absolute atomic E-state index is 0.216. The Labute approximate surface area is 196 Å². The van der Waals surface area contributed by atoms with E-state index in [9.17, 15) is 13.2 Å². The third kappa shape index (κ3) is 6.14. The van der Waals surface area contributed by atoms with Gasteiger partial charge in [0.25, 0.3) is 5.91 Å². The lowest BCUT2D eigenvalue weighted by Crippen LogP contribution is -2.40. The highest BCUT2D eigenvalue weighted by Crippen LogP contribution is 2.26. The summed E-state index contributed by atoms with van der Waals surface area (Å²) in [6, 6.07) is 24.2. The Morgan fingerprint density at radius 2 is 1.58 bits per heavy atom. The van der Waals surface area contributed by atoms with Crippen LogP contribution in [0.15, 0.2) is 78.9 Å². The molecule has 3 aromatic rings. The molecule has 0 fully saturated rings. The average molecular weight is 467 g/mol. The van der Waals surface area contributed by atoms with Gasteiger partial charge in [-0.3, -0.25) is 9.10 Å². The topological polar surface area (TPSA) is 75.7 Å². The summed E-state index contributed by atoms with van der Waals surface area (Å²) >= 11 is 0. The summed E-state index contributed by atoms with van der Waals surface area (Å²) in [6.45, 7) is 3.92. The van der Waals surface area contributed by atoms with E-state index in [0.717, 1.165) is 22.9 Å². The van der Waals surface area contributed by atoms with Gasteiger partial charge >= 0.3 is 0 Å². The minimum Gasteiger partial charge on any atom is -0.481 e. The number of hydrogen-bond acceptors (Lipinski definition) is 4. The first kappa shape index (κ1) is 24.3. The zero-order valence-corrected chi connectivity index (χ0v) is 20.2. The van der Waals surface area contributed by atoms with E-state index in [1.54, 1.807) is 24.3 Å². The van der Waals surface area contributed by atoms with Gasteiger partial charge in [-0.1, -0.05) is 61.5 Å². The summed E-state index contributed by atoms with van der Waals surface area (Å²) in [5, 5.41) is 3.16. The summed E-state index contributed by atoms with van der Waals surface area (Å²) in [5.74, 6) is 0.279. The highest BCUT2D eigenvalue weighted by molar-refractivity contribution is 7.92. The molecule has 6 nitrogen and oxygen atoms in total. The van der Waals surface area contributed by atoms with Crippen LogP contribution in [0.5, 0.6) is 5.75 Å². The van der Waals surface area contributed by atoms with Gasteiger partial charge in [-0.2, -0.15) is 0 Å². The molecule has 2 atom stereocenters. The molecule has 0 spiro atoms. The Morgan fingerprint density at radius 1 is 0.970 bits per heavy atom. The van der Waals surface area contributed by atoms with Gasteiger partial charge in [-0.15, -0.1) is 0 Å². The third-order valence-electron chi connectivity index (χ3n) is 5.56. The number of nitrogens with one attached hydrogen (secondary N) is 1. The maximum Gasteiger partial charge on any atom is 0.261 e. The van der Waals surface area contributed by atoms with Crippen molar-refractivity contribution < 1.29 is 17.9 Å². The fourth-order valence-electron chi connectivity index (χ4n) is 3.54. The Kier molecular flexibility index (Phi) is 7.76. The number of aryl methyl sites for hydroxylation is 1. The number of anilines is 1. The van der Waals surface area contributed by atoms with E-state index < -0.39 is 16.1 Å². The Hall–Kier alpha value is -3.32. The van der Waals surface area contributed by atoms with Crippen molar-refractivity contribution in [3.05, 3.63) is 95.6 Å². The highest BCUT2D eigenvalue weighted by Gasteiger charge is 2.24. The molecule has 0 saturated carbocycles. The molecular weight excluding hydrogens is 436 g/mol. The fraction of sp³-hybridized carbons (Fsp3) is 0.269. The summed E-state index contributed by atoms with van der Waals surface area (Å²) in [4.78, 5) is 13.2. The molecule has 0 unspecified atom stereocenters. The van der Waals surface area contributed by atoms with Crippen LogP contribution in [-0.4, -0.2) is 33.7 Å². The number of sulfonamides is 1. The number of carbonyl (C=O) groups excluding carboxylic acids is 1. The number of nitrogens with zero attached hydrogens (tertiary/aromatic N) is 1. The second-order valence-corrected chi connectivity index (χ2v) is 9.96. The Balaban J connectivity index is 1.79. The smallest absolute Gasteiger partial charge is 0.261 e. The van der Waals surface area contributed by atoms with Crippen LogP contribution in [0.25, 0.3) is 0 Å². The van der Waals surface area contributed by atoms with E-state index in [4.69, 9.17) is 4.74 Å². The predicted octanol–water partition coefficient (Wildman–Crippen LogP) is 4.45. The molecule has 1 amide bonds. The first-order valence-corrected chi connectivity index (χ1v) is 12.7. The maximum atomic E-state index is 13.2. The van der Waals surface area contributed by atoms with Crippen LogP contribution in [0, 0.1) is 6.92 Å². The number of rotatable bonds is 9. The Bertz CT molecular complexity index is 1180. The van der Waals surface area contributed by atoms with Gasteiger partial charge in [-0.25, -0.2) is 8.42 Å². The molecule has 0 radical (unpaired) electrons. The van der Waals surface area contributed by atoms with Gasteiger partial charge < -0.3 is 10.1 Å². The zero-order valence-electron chi connectivity index (χ0n) is 19.4. The molecule has 0 heterocycles. The molecule has 174 valence electrons. The van der Waals surface area contributed by atoms with Crippen molar-refractivity contribution >= 4 is 21.6 Å². The molecule has 0 saturated heterocycles. The van der Waals surface area contributed by atoms with Gasteiger partial charge in [0, 0.05) is 7.05 Å². The molecule has 3 rings (SSSR count). The second-order valence-electron chi connectivity index (χ2n) is 7.95. The largest absolute Gasteiger partial charge is 0.481 e. The van der Waals surface area contributed by atoms with Crippen molar-refractivity contribution in [2.24, 2.45) is 0 Å². The van der Waals surface area contributed by atoms with E-state index in [0.29, 0.717) is 17.9 Å². The Morgan fingerprint density at radius 3 is 2.15 bits per heavy atom. The van der Waals surface area contributed by atoms with Crippen LogP contribution < -0.4 is 14.4 Å². The van der Waals surface area contributed by atoms with E-state index in [1.165, 1.54) is 11.4 Å². The average Bonchev–Trinajstić information content (AvgIpc) is 2.81. The second kappa shape index (κ2) is 10.5. The molecule has 33 heavy (non-hydrogen) atoms. The lowest BCUT2D eigenvalue weighted by molar-refractivity contribution is -0.128. The van der Waals surface area contributed by atoms with E-state index in [2.05, 4.69) is 5.32 Å². The number of amides is 1. The SMILES string of the molecule is CC[C@@H](Oc1ccc(N(C)S(C)(=O)=O)cc1)C(=O)N[C@@H](c1ccccc1)c1ccccc1C. The van der Waals surface area contributed by atoms with E-state index in [1.807, 2.05) is 68.4 Å². The molecule has 0 bridgehead atoms. The summed E-state index contributed by atoms with van der Waals surface area (Å²) in [6.07, 6.45) is 0.928. The summed E-state index contributed by atoms with van der Waals surface area (Å²) in [7, 11) is -1.86. The minimum atomic E-state index is -3.35. The third-order valence-corrected chi connectivity index (χ3v) is 6.76. The van der Waals surface area contributed by atoms with E-state index in [-0.39, 0.29) is 11.9 Å². The quantitative estimate of drug-likeness (QED) is 0.505. The van der Waals surface area contributed by atoms with Crippen molar-refractivity contribution in [1.82, 2.24) is 5.32 Å². The molecule has 0 aromatic heterocycles. The standard InChI is InChI=1S/C26H30N2O4S/c1-5-24(32-22-17-15-21(16-18-22)28(3)33(4,30)31)26(29)27-25(20-12-7-6-8-13-20)23-14-10-9-11-19(23)2/h6-18,24-25H,5H2,1-4H3,(H,27,29)/t24-,25+/m1/s1. The highest BCUT2D eigenvalue weighted by atomic mass is 32.2. The lowest BCUT2D eigenvalue weighted by Gasteiger charge is -2.25. The van der Waals surface area contributed by atoms with E-state index >= 15 is 0 Å². The van der Waals surface area contributed by atoms with Crippen LogP contribution in [0.3, 0.4) is 0 Å². The van der Waals surface area contributed by atoms with Crippen LogP contribution in [0.4, 0.5) is 5.69 Å². The summed E-state index contributed by atoms with van der Waals surface area (Å²) < 4.78 is 30.6. The van der Waals surface area contributed by atoms with Crippen LogP contribution in [-0.2, 0) is 14.8 Å². The lowest BCUT2D eigenvalue weighted by atomic mass is 9.94. The van der Waals surface area contributed by atoms with Crippen LogP contribution >= 0.6 is 0 Å². The molecule has 0 aliphatic heterocycles. The number of hydrogen-bond donors (Lipinski definition) is 1. The number of carbonyl (C=O) groups is 1. The van der Waals surface area contributed by atoms with Crippen molar-refractivity contribution in [1.29, 1.82) is 0 Å². The van der Waals surface area contributed by atoms with Crippen molar-refractivity contribution in [2.75, 3.05) is 17.6 Å². The number of benzene rings is 3. The molecule has 7 heteroatoms. The molecule has 0 aliphatic carbocycles.